The van der Waals surface area contributed by atoms with Crippen LogP contribution in [0.3, 0.4) is 0 Å². The number of ether oxygens (including phenoxy) is 3. The predicted octanol–water partition coefficient (Wildman–Crippen LogP) is 6.07. The summed E-state index contributed by atoms with van der Waals surface area (Å²) in [7, 11) is 3.93. The Morgan fingerprint density at radius 2 is 2.02 bits per heavy atom. The van der Waals surface area contributed by atoms with Crippen molar-refractivity contribution in [3.63, 3.8) is 0 Å². The van der Waals surface area contributed by atoms with Gasteiger partial charge >= 0.3 is 12.1 Å². The van der Waals surface area contributed by atoms with Gasteiger partial charge in [-0.25, -0.2) is 4.99 Å². The van der Waals surface area contributed by atoms with Crippen molar-refractivity contribution in [3.8, 4) is 11.8 Å². The first kappa shape index (κ1) is 43.2. The summed E-state index contributed by atoms with van der Waals surface area (Å²) in [6.07, 6.45) is -3.07. The van der Waals surface area contributed by atoms with Gasteiger partial charge in [0, 0.05) is 42.9 Å². The van der Waals surface area contributed by atoms with Gasteiger partial charge in [-0.1, -0.05) is 59.3 Å². The highest BCUT2D eigenvalue weighted by Crippen LogP contribution is 2.39. The van der Waals surface area contributed by atoms with Gasteiger partial charge in [0.25, 0.3) is 5.56 Å². The smallest absolute Gasteiger partial charge is 0.414 e. The van der Waals surface area contributed by atoms with Crippen molar-refractivity contribution >= 4 is 59.1 Å². The number of azide groups is 1. The summed E-state index contributed by atoms with van der Waals surface area (Å²) in [4.78, 5) is 40.6. The highest BCUT2D eigenvalue weighted by Gasteiger charge is 2.43. The fourth-order valence-corrected chi connectivity index (χ4v) is 7.56. The van der Waals surface area contributed by atoms with E-state index in [0.29, 0.717) is 12.0 Å². The van der Waals surface area contributed by atoms with Crippen molar-refractivity contribution in [2.24, 2.45) is 10.1 Å². The summed E-state index contributed by atoms with van der Waals surface area (Å²) in [5, 5.41) is 5.59. The van der Waals surface area contributed by atoms with Gasteiger partial charge in [0.2, 0.25) is 5.95 Å². The minimum atomic E-state index is -4.94. The van der Waals surface area contributed by atoms with Crippen molar-refractivity contribution in [1.29, 1.82) is 0 Å². The van der Waals surface area contributed by atoms with Gasteiger partial charge in [-0.15, -0.1) is 0 Å². The van der Waals surface area contributed by atoms with Crippen LogP contribution in [0.5, 0.6) is 0 Å². The number of H-pyrrole nitrogens is 1. The van der Waals surface area contributed by atoms with E-state index in [0.717, 1.165) is 0 Å². The van der Waals surface area contributed by atoms with Crippen molar-refractivity contribution in [2.75, 3.05) is 46.5 Å². The van der Waals surface area contributed by atoms with Crippen LogP contribution in [0.15, 0.2) is 21.1 Å². The van der Waals surface area contributed by atoms with Gasteiger partial charge in [0.15, 0.2) is 14.0 Å². The molecule has 52 heavy (non-hydrogen) atoms. The molecule has 1 aliphatic heterocycles. The average Bonchev–Trinajstić information content (AvgIpc) is 3.61. The van der Waals surface area contributed by atoms with Crippen LogP contribution < -0.4 is 10.9 Å². The maximum atomic E-state index is 13.4. The molecular formula is C31H46F3N9O6S2Si. The Morgan fingerprint density at radius 3 is 2.65 bits per heavy atom. The third-order valence-electron chi connectivity index (χ3n) is 8.14. The Kier molecular flexibility index (Phi) is 15.1. The number of aromatic amines is 1. The van der Waals surface area contributed by atoms with Gasteiger partial charge in [0.05, 0.1) is 30.0 Å². The standard InChI is InChI=1S/C31H46F3N9O6S2Si/c1-29(2,3)52(8,9)48-15-22-21(47-18-38-41-35)13-23(49-22)43-14-20(24-25(43)39-28(40-26(24)44)37-17-42(6)7)11-10-12-46-19-50-51-30(4,5)16-36-27(45)31(32,33)34/h14,17,21-23H,12-13,15-16,18-19H2,1-9H3,(H,36,45)(H,39,40,44)/b37-17-/t21?,22-,23-/m1/s1. The molecular weight excluding hydrogens is 744 g/mol. The van der Waals surface area contributed by atoms with E-state index in [4.69, 9.17) is 24.2 Å². The molecule has 0 bridgehead atoms. The molecule has 1 fully saturated rings. The molecule has 2 N–H and O–H groups in total. The molecule has 2 aromatic rings. The number of aliphatic imine (C=N–C) groups is 1. The molecule has 1 amide bonds. The summed E-state index contributed by atoms with van der Waals surface area (Å²) in [6, 6.07) is 0. The zero-order chi connectivity index (χ0) is 38.9. The molecule has 0 saturated carbocycles. The average molecular weight is 790 g/mol. The Bertz CT molecular complexity index is 1750. The van der Waals surface area contributed by atoms with Gasteiger partial charge in [-0.2, -0.15) is 18.2 Å². The highest BCUT2D eigenvalue weighted by molar-refractivity contribution is 8.77. The predicted molar refractivity (Wildman–Crippen MR) is 199 cm³/mol. The van der Waals surface area contributed by atoms with E-state index in [2.05, 4.69) is 70.7 Å². The van der Waals surface area contributed by atoms with Gasteiger partial charge < -0.3 is 33.4 Å². The number of carbonyl (C=O) groups excluding carboxylic acids is 1. The summed E-state index contributed by atoms with van der Waals surface area (Å²) in [5.74, 6) is 4.15. The zero-order valence-electron chi connectivity index (χ0n) is 30.7. The third kappa shape index (κ3) is 12.4. The van der Waals surface area contributed by atoms with Crippen molar-refractivity contribution in [2.45, 2.75) is 88.5 Å². The topological polar surface area (TPSA) is 181 Å². The molecule has 1 aliphatic rings. The molecule has 2 aromatic heterocycles. The van der Waals surface area contributed by atoms with Crippen LogP contribution in [-0.4, -0.2) is 110 Å². The number of nitrogens with one attached hydrogen (secondary N) is 2. The largest absolute Gasteiger partial charge is 0.471 e. The molecule has 15 nitrogen and oxygen atoms in total. The number of aromatic nitrogens is 3. The molecule has 288 valence electrons. The minimum Gasteiger partial charge on any atom is -0.414 e. The summed E-state index contributed by atoms with van der Waals surface area (Å²) in [5.41, 5.74) is 9.01. The van der Waals surface area contributed by atoms with Crippen molar-refractivity contribution in [1.82, 2.24) is 24.8 Å². The Morgan fingerprint density at radius 1 is 1.31 bits per heavy atom. The molecule has 0 radical (unpaired) electrons. The molecule has 3 rings (SSSR count). The number of carbonyl (C=O) groups is 1. The van der Waals surface area contributed by atoms with Crippen molar-refractivity contribution in [3.05, 3.63) is 32.6 Å². The molecule has 1 saturated heterocycles. The van der Waals surface area contributed by atoms with E-state index in [-0.39, 0.29) is 54.4 Å². The maximum Gasteiger partial charge on any atom is 0.471 e. The van der Waals surface area contributed by atoms with Crippen LogP contribution in [0.2, 0.25) is 18.1 Å². The molecule has 0 spiro atoms. The number of amides is 1. The number of hydrogen-bond acceptors (Lipinski definition) is 11. The van der Waals surface area contributed by atoms with E-state index in [1.165, 1.54) is 27.9 Å². The lowest BCUT2D eigenvalue weighted by atomic mass is 10.2. The summed E-state index contributed by atoms with van der Waals surface area (Å²) in [6.45, 7) is 13.9. The van der Waals surface area contributed by atoms with Crippen LogP contribution in [0.4, 0.5) is 19.1 Å². The van der Waals surface area contributed by atoms with E-state index < -0.39 is 49.1 Å². The molecule has 21 heteroatoms. The van der Waals surface area contributed by atoms with Crippen LogP contribution in [0.25, 0.3) is 21.5 Å². The molecule has 3 atom stereocenters. The van der Waals surface area contributed by atoms with Crippen molar-refractivity contribution < 1.29 is 36.6 Å². The molecule has 0 aromatic carbocycles. The lowest BCUT2D eigenvalue weighted by molar-refractivity contribution is -0.173. The number of halogens is 3. The minimum absolute atomic E-state index is 0.00979. The second kappa shape index (κ2) is 18.2. The van der Waals surface area contributed by atoms with Gasteiger partial charge in [0.1, 0.15) is 31.6 Å². The fraction of sp³-hybridized carbons (Fsp3) is 0.677. The molecule has 0 aliphatic carbocycles. The second-order valence-corrected chi connectivity index (χ2v) is 21.9. The quantitative estimate of drug-likeness (QED) is 0.0194. The Hall–Kier alpha value is -3.22. The van der Waals surface area contributed by atoms with Gasteiger partial charge in [-0.3, -0.25) is 14.6 Å². The maximum absolute atomic E-state index is 13.4. The number of hydrogen-bond donors (Lipinski definition) is 2. The first-order valence-corrected chi connectivity index (χ1v) is 21.4. The third-order valence-corrected chi connectivity index (χ3v) is 15.6. The monoisotopic (exact) mass is 789 g/mol. The molecule has 1 unspecified atom stereocenters. The van der Waals surface area contributed by atoms with Crippen LogP contribution in [0.1, 0.15) is 52.8 Å². The van der Waals surface area contributed by atoms with Gasteiger partial charge in [-0.05, 0) is 37.5 Å². The summed E-state index contributed by atoms with van der Waals surface area (Å²) >= 11 is 0. The van der Waals surface area contributed by atoms with E-state index in [1.54, 1.807) is 43.6 Å². The zero-order valence-corrected chi connectivity index (χ0v) is 33.3. The first-order chi connectivity index (χ1) is 24.1. The van der Waals surface area contributed by atoms with E-state index >= 15 is 0 Å². The summed E-state index contributed by atoms with van der Waals surface area (Å²) < 4.78 is 63.0. The van der Waals surface area contributed by atoms with E-state index in [1.807, 2.05) is 5.32 Å². The van der Waals surface area contributed by atoms with Crippen LogP contribution in [-0.2, 0) is 23.4 Å². The number of nitrogens with zero attached hydrogens (tertiary/aromatic N) is 7. The first-order valence-electron chi connectivity index (χ1n) is 16.1. The fourth-order valence-electron chi connectivity index (χ4n) is 4.41. The number of alkyl halides is 3. The van der Waals surface area contributed by atoms with Crippen LogP contribution >= 0.6 is 21.6 Å². The van der Waals surface area contributed by atoms with E-state index in [9.17, 15) is 22.8 Å². The molecule has 3 heterocycles. The number of rotatable bonds is 16. The second-order valence-electron chi connectivity index (χ2n) is 14.2. The highest BCUT2D eigenvalue weighted by atomic mass is 33.1. The Labute approximate surface area is 309 Å². The Balaban J connectivity index is 1.82. The lowest BCUT2D eigenvalue weighted by Crippen LogP contribution is -2.44. The van der Waals surface area contributed by atoms with Crippen LogP contribution in [0, 0.1) is 11.8 Å². The SMILES string of the molecule is CN(C)/C=N\c1nc2c(c(C#CCOCSSC(C)(C)CNC(=O)C(F)(F)F)cn2[C@H]2CC(OCN=[N+]=[N-])[C@@H](CO[Si](C)(C)C(C)(C)C)O2)c(=O)[nH]1. The number of fused-ring (bicyclic) bond motifs is 1. The normalized spacial score (nSPS) is 18.3. The lowest BCUT2D eigenvalue weighted by Gasteiger charge is -2.37.